The highest BCUT2D eigenvalue weighted by Crippen LogP contribution is 2.27. The van der Waals surface area contributed by atoms with Crippen LogP contribution < -0.4 is 0 Å². The van der Waals surface area contributed by atoms with E-state index in [9.17, 15) is 4.79 Å². The minimum atomic E-state index is -0.266. The Bertz CT molecular complexity index is 1000. The fraction of sp³-hybridized carbons (Fsp3) is 0.333. The number of aromatic nitrogens is 2. The van der Waals surface area contributed by atoms with Gasteiger partial charge < -0.3 is 4.90 Å². The third kappa shape index (κ3) is 3.32. The van der Waals surface area contributed by atoms with Gasteiger partial charge in [0.05, 0.1) is 6.20 Å². The van der Waals surface area contributed by atoms with Gasteiger partial charge in [-0.15, -0.1) is 11.6 Å². The second-order valence-corrected chi connectivity index (χ2v) is 7.32. The highest BCUT2D eigenvalue weighted by atomic mass is 35.5. The Hall–Kier alpha value is -2.40. The van der Waals surface area contributed by atoms with Gasteiger partial charge in [0.25, 0.3) is 0 Å². The molecular formula is C21H21ClFN3O. The number of alkyl halides is 1. The zero-order valence-electron chi connectivity index (χ0n) is 15.2. The summed E-state index contributed by atoms with van der Waals surface area (Å²) in [6, 6.07) is 11.0. The van der Waals surface area contributed by atoms with E-state index in [2.05, 4.69) is 5.10 Å². The quantitative estimate of drug-likeness (QED) is 0.640. The third-order valence-corrected chi connectivity index (χ3v) is 5.71. The number of hydrogen-bond donors (Lipinski definition) is 0. The van der Waals surface area contributed by atoms with Crippen LogP contribution in [-0.2, 0) is 31.2 Å². The summed E-state index contributed by atoms with van der Waals surface area (Å²) in [4.78, 5) is 14.3. The van der Waals surface area contributed by atoms with Crippen LogP contribution >= 0.6 is 11.6 Å². The molecule has 140 valence electrons. The SMILES string of the molecule is Cn1ncc2c1CC(N(Cc1ccc3ccccc3c1F)C(=O)CCl)CC2. The maximum absolute atomic E-state index is 15.0. The van der Waals surface area contributed by atoms with Gasteiger partial charge in [0.15, 0.2) is 0 Å². The molecule has 0 aliphatic heterocycles. The first-order valence-electron chi connectivity index (χ1n) is 9.09. The first-order chi connectivity index (χ1) is 13.1. The van der Waals surface area contributed by atoms with Gasteiger partial charge in [0.1, 0.15) is 11.7 Å². The molecular weight excluding hydrogens is 365 g/mol. The zero-order valence-corrected chi connectivity index (χ0v) is 15.9. The topological polar surface area (TPSA) is 38.1 Å². The van der Waals surface area contributed by atoms with Crippen LogP contribution in [0.2, 0.25) is 0 Å². The third-order valence-electron chi connectivity index (χ3n) is 5.48. The van der Waals surface area contributed by atoms with Gasteiger partial charge in [-0.2, -0.15) is 5.10 Å². The van der Waals surface area contributed by atoms with Crippen LogP contribution in [0.1, 0.15) is 23.2 Å². The lowest BCUT2D eigenvalue weighted by atomic mass is 9.92. The molecule has 0 saturated carbocycles. The van der Waals surface area contributed by atoms with Gasteiger partial charge in [0.2, 0.25) is 5.91 Å². The van der Waals surface area contributed by atoms with Gasteiger partial charge in [-0.1, -0.05) is 36.4 Å². The predicted octanol–water partition coefficient (Wildman–Crippen LogP) is 3.84. The summed E-state index contributed by atoms with van der Waals surface area (Å²) in [5.41, 5.74) is 2.88. The van der Waals surface area contributed by atoms with Crippen LogP contribution in [0, 0.1) is 5.82 Å². The Labute approximate surface area is 162 Å². The van der Waals surface area contributed by atoms with Crippen molar-refractivity contribution in [1.82, 2.24) is 14.7 Å². The second kappa shape index (κ2) is 7.31. The molecule has 1 amide bonds. The molecule has 1 aliphatic rings. The van der Waals surface area contributed by atoms with Crippen molar-refractivity contribution in [3.05, 3.63) is 65.2 Å². The number of benzene rings is 2. The predicted molar refractivity (Wildman–Crippen MR) is 104 cm³/mol. The van der Waals surface area contributed by atoms with Gasteiger partial charge in [-0.25, -0.2) is 4.39 Å². The lowest BCUT2D eigenvalue weighted by molar-refractivity contribution is -0.131. The molecule has 2 aromatic carbocycles. The molecule has 1 heterocycles. The monoisotopic (exact) mass is 385 g/mol. The Kier molecular flexibility index (Phi) is 4.87. The molecule has 4 rings (SSSR count). The normalized spacial score (nSPS) is 16.3. The molecule has 0 N–H and O–H groups in total. The van der Waals surface area contributed by atoms with Crippen molar-refractivity contribution in [1.29, 1.82) is 0 Å². The van der Waals surface area contributed by atoms with E-state index in [0.29, 0.717) is 17.4 Å². The van der Waals surface area contributed by atoms with Gasteiger partial charge in [-0.3, -0.25) is 9.48 Å². The number of aryl methyl sites for hydroxylation is 2. The van der Waals surface area contributed by atoms with Crippen LogP contribution in [-0.4, -0.2) is 32.5 Å². The maximum Gasteiger partial charge on any atom is 0.238 e. The van der Waals surface area contributed by atoms with E-state index in [1.165, 1.54) is 5.56 Å². The molecule has 0 radical (unpaired) electrons. The van der Waals surface area contributed by atoms with Crippen molar-refractivity contribution in [2.24, 2.45) is 7.05 Å². The molecule has 3 aromatic rings. The standard InChI is InChI=1S/C21H21ClFN3O/c1-25-19-10-17(9-8-15(19)12-24-25)26(20(27)11-22)13-16-7-6-14-4-2-3-5-18(14)21(16)23/h2-7,12,17H,8-11,13H2,1H3. The molecule has 0 saturated heterocycles. The Morgan fingerprint density at radius 1 is 1.33 bits per heavy atom. The van der Waals surface area contributed by atoms with Crippen molar-refractivity contribution in [3.8, 4) is 0 Å². The summed E-state index contributed by atoms with van der Waals surface area (Å²) in [5.74, 6) is -0.540. The van der Waals surface area contributed by atoms with Gasteiger partial charge >= 0.3 is 0 Å². The number of hydrogen-bond acceptors (Lipinski definition) is 2. The van der Waals surface area contributed by atoms with Crippen molar-refractivity contribution in [2.45, 2.75) is 31.8 Å². The lowest BCUT2D eigenvalue weighted by Crippen LogP contribution is -2.44. The van der Waals surface area contributed by atoms with E-state index in [0.717, 1.165) is 23.9 Å². The number of amides is 1. The van der Waals surface area contributed by atoms with Crippen molar-refractivity contribution >= 4 is 28.3 Å². The molecule has 0 bridgehead atoms. The number of halogens is 2. The van der Waals surface area contributed by atoms with E-state index >= 15 is 4.39 Å². The van der Waals surface area contributed by atoms with E-state index in [1.54, 1.807) is 17.0 Å². The molecule has 0 spiro atoms. The first kappa shape index (κ1) is 18.0. The summed E-state index contributed by atoms with van der Waals surface area (Å²) in [7, 11) is 1.91. The Balaban J connectivity index is 1.65. The first-order valence-corrected chi connectivity index (χ1v) is 9.63. The van der Waals surface area contributed by atoms with Crippen LogP contribution in [0.15, 0.2) is 42.6 Å². The summed E-state index contributed by atoms with van der Waals surface area (Å²) < 4.78 is 16.9. The van der Waals surface area contributed by atoms with Crippen LogP contribution in [0.5, 0.6) is 0 Å². The smallest absolute Gasteiger partial charge is 0.238 e. The maximum atomic E-state index is 15.0. The minimum Gasteiger partial charge on any atom is -0.334 e. The summed E-state index contributed by atoms with van der Waals surface area (Å²) in [6.45, 7) is 0.222. The molecule has 0 fully saturated rings. The minimum absolute atomic E-state index is 0.00924. The highest BCUT2D eigenvalue weighted by Gasteiger charge is 2.30. The summed E-state index contributed by atoms with van der Waals surface area (Å²) in [5, 5.41) is 5.74. The average molecular weight is 386 g/mol. The molecule has 1 atom stereocenters. The molecule has 1 aromatic heterocycles. The Morgan fingerprint density at radius 2 is 2.15 bits per heavy atom. The molecule has 1 unspecified atom stereocenters. The fourth-order valence-corrected chi connectivity index (χ4v) is 4.13. The second-order valence-electron chi connectivity index (χ2n) is 7.05. The number of fused-ring (bicyclic) bond motifs is 2. The van der Waals surface area contributed by atoms with E-state index in [1.807, 2.05) is 42.2 Å². The molecule has 4 nitrogen and oxygen atoms in total. The average Bonchev–Trinajstić information content (AvgIpc) is 3.07. The Morgan fingerprint density at radius 3 is 2.96 bits per heavy atom. The number of carbonyl (C=O) groups is 1. The molecule has 27 heavy (non-hydrogen) atoms. The number of nitrogens with zero attached hydrogens (tertiary/aromatic N) is 3. The van der Waals surface area contributed by atoms with Gasteiger partial charge in [-0.05, 0) is 23.8 Å². The van der Waals surface area contributed by atoms with Crippen molar-refractivity contribution in [3.63, 3.8) is 0 Å². The van der Waals surface area contributed by atoms with E-state index in [4.69, 9.17) is 11.6 Å². The summed E-state index contributed by atoms with van der Waals surface area (Å²) >= 11 is 5.87. The zero-order chi connectivity index (χ0) is 19.0. The molecule has 1 aliphatic carbocycles. The van der Waals surface area contributed by atoms with Crippen LogP contribution in [0.4, 0.5) is 4.39 Å². The van der Waals surface area contributed by atoms with Crippen molar-refractivity contribution < 1.29 is 9.18 Å². The highest BCUT2D eigenvalue weighted by molar-refractivity contribution is 6.27. The number of rotatable bonds is 4. The number of carbonyl (C=O) groups excluding carboxylic acids is 1. The van der Waals surface area contributed by atoms with Crippen molar-refractivity contribution in [2.75, 3.05) is 5.88 Å². The fourth-order valence-electron chi connectivity index (χ4n) is 3.98. The van der Waals surface area contributed by atoms with E-state index < -0.39 is 0 Å². The van der Waals surface area contributed by atoms with Crippen LogP contribution in [0.3, 0.4) is 0 Å². The summed E-state index contributed by atoms with van der Waals surface area (Å²) in [6.07, 6.45) is 4.29. The molecule has 6 heteroatoms. The lowest BCUT2D eigenvalue weighted by Gasteiger charge is -2.34. The van der Waals surface area contributed by atoms with E-state index in [-0.39, 0.29) is 30.2 Å². The van der Waals surface area contributed by atoms with Gasteiger partial charge in [0, 0.05) is 42.7 Å². The largest absolute Gasteiger partial charge is 0.334 e. The van der Waals surface area contributed by atoms with Crippen LogP contribution in [0.25, 0.3) is 10.8 Å².